The summed E-state index contributed by atoms with van der Waals surface area (Å²) in [5, 5.41) is 13.7. The zero-order chi connectivity index (χ0) is 38.8. The van der Waals surface area contributed by atoms with Crippen molar-refractivity contribution in [1.29, 1.82) is 0 Å². The van der Waals surface area contributed by atoms with Crippen molar-refractivity contribution in [3.8, 4) is 0 Å². The van der Waals surface area contributed by atoms with E-state index in [0.29, 0.717) is 51.7 Å². The summed E-state index contributed by atoms with van der Waals surface area (Å²) in [6.45, 7) is 4.76. The van der Waals surface area contributed by atoms with E-state index in [1.165, 1.54) is 0 Å². The number of hydrogen-bond acceptors (Lipinski definition) is 8. The average molecular weight is 736 g/mol. The number of unbranched alkanes of at least 4 members (excludes halogenated alkanes) is 1. The van der Waals surface area contributed by atoms with Crippen LogP contribution >= 0.6 is 0 Å². The van der Waals surface area contributed by atoms with Crippen LogP contribution in [0.4, 0.5) is 4.79 Å². The molecule has 1 heterocycles. The lowest BCUT2D eigenvalue weighted by molar-refractivity contribution is -0.139. The predicted octanol–water partition coefficient (Wildman–Crippen LogP) is 0.204. The Morgan fingerprint density at radius 3 is 1.87 bits per heavy atom. The van der Waals surface area contributed by atoms with Crippen LogP contribution in [-0.2, 0) is 36.8 Å². The normalized spacial score (nSPS) is 15.4. The van der Waals surface area contributed by atoms with Gasteiger partial charge >= 0.3 is 6.03 Å². The van der Waals surface area contributed by atoms with Crippen LogP contribution in [0.1, 0.15) is 63.5 Å². The molecular formula is C38H57N9O6. The molecule has 0 saturated carbocycles. The maximum absolute atomic E-state index is 13.9. The molecule has 11 N–H and O–H groups in total. The number of primary amides is 1. The largest absolute Gasteiger partial charge is 0.352 e. The van der Waals surface area contributed by atoms with Crippen molar-refractivity contribution < 1.29 is 28.8 Å². The van der Waals surface area contributed by atoms with E-state index in [9.17, 15) is 28.8 Å². The average Bonchev–Trinajstić information content (AvgIpc) is 3.13. The summed E-state index contributed by atoms with van der Waals surface area (Å²) in [6.07, 6.45) is 3.34. The molecule has 0 spiro atoms. The molecule has 1 aliphatic heterocycles. The number of nitrogens with zero attached hydrogens (tertiary/aromatic N) is 1. The quantitative estimate of drug-likeness (QED) is 0.0872. The fourth-order valence-corrected chi connectivity index (χ4v) is 6.21. The van der Waals surface area contributed by atoms with Crippen LogP contribution in [0.2, 0.25) is 0 Å². The van der Waals surface area contributed by atoms with E-state index in [2.05, 4.69) is 26.6 Å². The second-order valence-corrected chi connectivity index (χ2v) is 14.0. The van der Waals surface area contributed by atoms with Crippen LogP contribution < -0.4 is 43.8 Å². The lowest BCUT2D eigenvalue weighted by atomic mass is 9.99. The minimum absolute atomic E-state index is 0.00584. The van der Waals surface area contributed by atoms with Gasteiger partial charge in [0.15, 0.2) is 0 Å². The Kier molecular flexibility index (Phi) is 17.7. The van der Waals surface area contributed by atoms with Gasteiger partial charge < -0.3 is 48.7 Å². The summed E-state index contributed by atoms with van der Waals surface area (Å²) >= 11 is 0. The van der Waals surface area contributed by atoms with Gasteiger partial charge in [0.1, 0.15) is 18.1 Å². The Balaban J connectivity index is 1.71. The molecule has 0 aromatic heterocycles. The molecule has 1 aliphatic rings. The Morgan fingerprint density at radius 1 is 0.755 bits per heavy atom. The predicted molar refractivity (Wildman–Crippen MR) is 202 cm³/mol. The fourth-order valence-electron chi connectivity index (χ4n) is 6.21. The van der Waals surface area contributed by atoms with E-state index < -0.39 is 47.9 Å². The molecule has 0 unspecified atom stereocenters. The van der Waals surface area contributed by atoms with E-state index in [4.69, 9.17) is 17.2 Å². The maximum Gasteiger partial charge on any atom is 0.312 e. The molecule has 15 heteroatoms. The monoisotopic (exact) mass is 735 g/mol. The zero-order valence-corrected chi connectivity index (χ0v) is 30.9. The van der Waals surface area contributed by atoms with Gasteiger partial charge in [-0.1, -0.05) is 74.5 Å². The van der Waals surface area contributed by atoms with Crippen molar-refractivity contribution in [3.63, 3.8) is 0 Å². The van der Waals surface area contributed by atoms with E-state index in [1.807, 2.05) is 74.5 Å². The summed E-state index contributed by atoms with van der Waals surface area (Å²) in [4.78, 5) is 79.7. The third kappa shape index (κ3) is 15.2. The number of urea groups is 1. The SMILES string of the molecule is CC(C)C[C@@H](NC(=O)[C@@H](Cc1ccccc1)NC(=O)[C@H](N)Cc1ccccc1)C(=O)N[C@H](CCCCN)C(=O)N1CCC(NC(=O)CNC(N)=O)CC1. The lowest BCUT2D eigenvalue weighted by Gasteiger charge is -2.35. The van der Waals surface area contributed by atoms with Crippen LogP contribution in [0.3, 0.4) is 0 Å². The lowest BCUT2D eigenvalue weighted by Crippen LogP contribution is -2.59. The number of amides is 7. The number of piperidine rings is 1. The van der Waals surface area contributed by atoms with Gasteiger partial charge in [-0.15, -0.1) is 0 Å². The molecule has 1 saturated heterocycles. The maximum atomic E-state index is 13.9. The molecule has 2 aromatic carbocycles. The Bertz CT molecular complexity index is 1490. The Morgan fingerprint density at radius 2 is 1.30 bits per heavy atom. The molecular weight excluding hydrogens is 678 g/mol. The minimum atomic E-state index is -1.02. The minimum Gasteiger partial charge on any atom is -0.352 e. The van der Waals surface area contributed by atoms with E-state index in [1.54, 1.807) is 4.90 Å². The van der Waals surface area contributed by atoms with Gasteiger partial charge in [-0.3, -0.25) is 24.0 Å². The van der Waals surface area contributed by atoms with Crippen LogP contribution in [0.25, 0.3) is 0 Å². The first-order valence-corrected chi connectivity index (χ1v) is 18.4. The van der Waals surface area contributed by atoms with Crippen LogP contribution in [0.5, 0.6) is 0 Å². The molecule has 0 aliphatic carbocycles. The van der Waals surface area contributed by atoms with Crippen LogP contribution in [0.15, 0.2) is 60.7 Å². The molecule has 53 heavy (non-hydrogen) atoms. The standard InChI is InChI=1S/C38H57N9O6/c1-25(2)21-31(46-36(51)32(23-27-13-7-4-8-14-27)45-34(49)29(40)22-26-11-5-3-6-12-26)35(50)44-30(15-9-10-18-39)37(52)47-19-16-28(17-20-47)43-33(48)24-42-38(41)53/h3-8,11-14,25,28-32H,9-10,15-24,39-40H2,1-2H3,(H,43,48)(H,44,50)(H,45,49)(H,46,51)(H3,41,42,53)/t29-,30-,31-,32-/m1/s1. The summed E-state index contributed by atoms with van der Waals surface area (Å²) in [6, 6.07) is 13.8. The van der Waals surface area contributed by atoms with Crippen molar-refractivity contribution in [2.45, 2.75) is 95.4 Å². The summed E-state index contributed by atoms with van der Waals surface area (Å²) in [5.74, 6) is -2.17. The van der Waals surface area contributed by atoms with Crippen molar-refractivity contribution >= 4 is 35.6 Å². The van der Waals surface area contributed by atoms with Gasteiger partial charge in [-0.05, 0) is 68.5 Å². The van der Waals surface area contributed by atoms with Gasteiger partial charge in [0.05, 0.1) is 12.6 Å². The number of hydrogen-bond donors (Lipinski definition) is 8. The summed E-state index contributed by atoms with van der Waals surface area (Å²) < 4.78 is 0. The van der Waals surface area contributed by atoms with Gasteiger partial charge in [0, 0.05) is 25.6 Å². The Labute approximate surface area is 311 Å². The number of carbonyl (C=O) groups excluding carboxylic acids is 6. The first-order chi connectivity index (χ1) is 25.4. The third-order valence-electron chi connectivity index (χ3n) is 9.05. The van der Waals surface area contributed by atoms with Crippen molar-refractivity contribution in [2.75, 3.05) is 26.2 Å². The first kappa shape index (κ1) is 42.4. The van der Waals surface area contributed by atoms with Gasteiger partial charge in [-0.2, -0.15) is 0 Å². The molecule has 0 radical (unpaired) electrons. The summed E-state index contributed by atoms with van der Waals surface area (Å²) in [7, 11) is 0. The number of rotatable bonds is 20. The molecule has 4 atom stereocenters. The second-order valence-electron chi connectivity index (χ2n) is 14.0. The number of nitrogens with one attached hydrogen (secondary N) is 5. The highest BCUT2D eigenvalue weighted by Crippen LogP contribution is 2.15. The second kappa shape index (κ2) is 22.1. The molecule has 1 fully saturated rings. The van der Waals surface area contributed by atoms with Gasteiger partial charge in [0.2, 0.25) is 29.5 Å². The van der Waals surface area contributed by atoms with E-state index in [0.717, 1.165) is 11.1 Å². The topological polar surface area (TPSA) is 244 Å². The number of benzene rings is 2. The number of nitrogens with two attached hydrogens (primary N) is 3. The highest BCUT2D eigenvalue weighted by Gasteiger charge is 2.33. The van der Waals surface area contributed by atoms with Crippen LogP contribution in [-0.4, -0.2) is 96.9 Å². The highest BCUT2D eigenvalue weighted by molar-refractivity contribution is 5.95. The fraction of sp³-hybridized carbons (Fsp3) is 0.526. The third-order valence-corrected chi connectivity index (χ3v) is 9.05. The van der Waals surface area contributed by atoms with Crippen molar-refractivity contribution in [3.05, 3.63) is 71.8 Å². The highest BCUT2D eigenvalue weighted by atomic mass is 16.2. The number of likely N-dealkylation sites (tertiary alicyclic amines) is 1. The molecule has 2 aromatic rings. The Hall–Kier alpha value is -5.02. The van der Waals surface area contributed by atoms with Crippen molar-refractivity contribution in [2.24, 2.45) is 23.1 Å². The van der Waals surface area contributed by atoms with Gasteiger partial charge in [-0.25, -0.2) is 4.79 Å². The number of carbonyl (C=O) groups is 6. The molecule has 3 rings (SSSR count). The molecule has 290 valence electrons. The first-order valence-electron chi connectivity index (χ1n) is 18.4. The molecule has 15 nitrogen and oxygen atoms in total. The smallest absolute Gasteiger partial charge is 0.312 e. The zero-order valence-electron chi connectivity index (χ0n) is 30.9. The van der Waals surface area contributed by atoms with E-state index >= 15 is 0 Å². The van der Waals surface area contributed by atoms with Gasteiger partial charge in [0.25, 0.3) is 0 Å². The summed E-state index contributed by atoms with van der Waals surface area (Å²) in [5.41, 5.74) is 18.7. The molecule has 0 bridgehead atoms. The van der Waals surface area contributed by atoms with Crippen LogP contribution in [0, 0.1) is 5.92 Å². The van der Waals surface area contributed by atoms with Crippen molar-refractivity contribution in [1.82, 2.24) is 31.5 Å². The molecule has 7 amide bonds. The van der Waals surface area contributed by atoms with E-state index in [-0.39, 0.29) is 49.6 Å².